The molecule has 9 heteroatoms. The van der Waals surface area contributed by atoms with Crippen molar-refractivity contribution in [2.75, 3.05) is 13.7 Å². The second-order valence-electron chi connectivity index (χ2n) is 8.72. The Kier molecular flexibility index (Phi) is 7.31. The van der Waals surface area contributed by atoms with E-state index in [1.54, 1.807) is 60.2 Å². The number of aryl methyl sites for hydroxylation is 2. The van der Waals surface area contributed by atoms with Gasteiger partial charge in [0.25, 0.3) is 11.5 Å². The molecule has 1 amide bonds. The number of pyridine rings is 2. The average molecular weight is 523 g/mol. The average Bonchev–Trinajstić information content (AvgIpc) is 2.97. The molecule has 0 aliphatic rings. The summed E-state index contributed by atoms with van der Waals surface area (Å²) < 4.78 is 13.6. The Morgan fingerprint density at radius 1 is 0.974 bits per heavy atom. The van der Waals surface area contributed by atoms with Crippen LogP contribution in [-0.2, 0) is 17.7 Å². The van der Waals surface area contributed by atoms with Gasteiger partial charge >= 0.3 is 5.97 Å². The molecule has 196 valence electrons. The number of rotatable bonds is 7. The molecule has 9 nitrogen and oxygen atoms in total. The molecular formula is C30H26N4O5. The zero-order valence-corrected chi connectivity index (χ0v) is 21.5. The fourth-order valence-electron chi connectivity index (χ4n) is 4.37. The van der Waals surface area contributed by atoms with Crippen LogP contribution in [0.4, 0.5) is 0 Å². The summed E-state index contributed by atoms with van der Waals surface area (Å²) in [6, 6.07) is 23.0. The van der Waals surface area contributed by atoms with E-state index in [9.17, 15) is 14.4 Å². The third kappa shape index (κ3) is 5.19. The van der Waals surface area contributed by atoms with Gasteiger partial charge < -0.3 is 14.0 Å². The maximum absolute atomic E-state index is 13.5. The van der Waals surface area contributed by atoms with Gasteiger partial charge in [0.1, 0.15) is 22.6 Å². The highest BCUT2D eigenvalue weighted by molar-refractivity contribution is 5.97. The highest BCUT2D eigenvalue weighted by Gasteiger charge is 2.20. The summed E-state index contributed by atoms with van der Waals surface area (Å²) in [4.78, 5) is 49.2. The first kappa shape index (κ1) is 25.6. The van der Waals surface area contributed by atoms with Gasteiger partial charge in [0, 0.05) is 18.3 Å². The predicted molar refractivity (Wildman–Crippen MR) is 146 cm³/mol. The first-order valence-electron chi connectivity index (χ1n) is 12.5. The zero-order valence-electron chi connectivity index (χ0n) is 21.5. The Balaban J connectivity index is 1.82. The molecule has 0 N–H and O–H groups in total. The van der Waals surface area contributed by atoms with Crippen molar-refractivity contribution in [2.24, 2.45) is 4.99 Å². The number of ether oxygens (including phenoxy) is 2. The van der Waals surface area contributed by atoms with Gasteiger partial charge in [-0.3, -0.25) is 14.0 Å². The van der Waals surface area contributed by atoms with Crippen LogP contribution in [-0.4, -0.2) is 39.5 Å². The molecule has 3 aromatic heterocycles. The Morgan fingerprint density at radius 3 is 2.54 bits per heavy atom. The van der Waals surface area contributed by atoms with Gasteiger partial charge in [-0.25, -0.2) is 9.78 Å². The minimum atomic E-state index is -0.692. The monoisotopic (exact) mass is 522 g/mol. The molecule has 3 heterocycles. The second kappa shape index (κ2) is 11.1. The lowest BCUT2D eigenvalue weighted by Gasteiger charge is -2.15. The first-order valence-corrected chi connectivity index (χ1v) is 12.5. The maximum Gasteiger partial charge on any atom is 0.341 e. The molecule has 0 aliphatic heterocycles. The molecule has 0 atom stereocenters. The second-order valence-corrected chi connectivity index (χ2v) is 8.72. The van der Waals surface area contributed by atoms with Gasteiger partial charge in [0.05, 0.1) is 19.1 Å². The first-order chi connectivity index (χ1) is 19.0. The SMILES string of the molecule is CCOC(=O)c1cc2c(=O)n3ccccc3nc2n(CCc2ccccc2)c1=NC(=O)c1cccc(OC)c1. The van der Waals surface area contributed by atoms with Gasteiger partial charge in [-0.1, -0.05) is 42.5 Å². The van der Waals surface area contributed by atoms with Crippen LogP contribution in [0.25, 0.3) is 16.7 Å². The van der Waals surface area contributed by atoms with Crippen LogP contribution >= 0.6 is 0 Å². The van der Waals surface area contributed by atoms with Crippen molar-refractivity contribution in [1.82, 2.24) is 14.0 Å². The van der Waals surface area contributed by atoms with Crippen LogP contribution in [0.1, 0.15) is 33.2 Å². The highest BCUT2D eigenvalue weighted by atomic mass is 16.5. The van der Waals surface area contributed by atoms with Crippen molar-refractivity contribution in [3.63, 3.8) is 0 Å². The molecule has 0 unspecified atom stereocenters. The van der Waals surface area contributed by atoms with E-state index in [1.807, 2.05) is 30.3 Å². The minimum Gasteiger partial charge on any atom is -0.497 e. The number of hydrogen-bond acceptors (Lipinski definition) is 6. The third-order valence-electron chi connectivity index (χ3n) is 6.28. The number of benzene rings is 2. The van der Waals surface area contributed by atoms with E-state index < -0.39 is 11.9 Å². The molecular weight excluding hydrogens is 496 g/mol. The fourth-order valence-corrected chi connectivity index (χ4v) is 4.37. The summed E-state index contributed by atoms with van der Waals surface area (Å²) in [6.07, 6.45) is 2.16. The van der Waals surface area contributed by atoms with Crippen molar-refractivity contribution >= 4 is 28.6 Å². The molecule has 0 spiro atoms. The summed E-state index contributed by atoms with van der Waals surface area (Å²) in [7, 11) is 1.51. The van der Waals surface area contributed by atoms with Crippen LogP contribution in [0.3, 0.4) is 0 Å². The summed E-state index contributed by atoms with van der Waals surface area (Å²) in [5, 5.41) is 0.211. The van der Waals surface area contributed by atoms with Crippen LogP contribution in [0.15, 0.2) is 94.8 Å². The molecule has 5 rings (SSSR count). The summed E-state index contributed by atoms with van der Waals surface area (Å²) in [5.74, 6) is -0.773. The molecule has 0 fully saturated rings. The van der Waals surface area contributed by atoms with E-state index in [0.717, 1.165) is 5.56 Å². The number of amides is 1. The lowest BCUT2D eigenvalue weighted by Crippen LogP contribution is -2.33. The molecule has 0 radical (unpaired) electrons. The zero-order chi connectivity index (χ0) is 27.4. The quantitative estimate of drug-likeness (QED) is 0.238. The van der Waals surface area contributed by atoms with Gasteiger partial charge in [0.15, 0.2) is 5.49 Å². The van der Waals surface area contributed by atoms with E-state index in [4.69, 9.17) is 14.5 Å². The Morgan fingerprint density at radius 2 is 1.77 bits per heavy atom. The molecule has 0 aliphatic carbocycles. The van der Waals surface area contributed by atoms with Crippen molar-refractivity contribution in [3.8, 4) is 5.75 Å². The molecule has 2 aromatic carbocycles. The summed E-state index contributed by atoms with van der Waals surface area (Å²) in [5.41, 5.74) is 1.78. The Labute approximate surface area is 223 Å². The molecule has 0 bridgehead atoms. The topological polar surface area (TPSA) is 104 Å². The highest BCUT2D eigenvalue weighted by Crippen LogP contribution is 2.15. The molecule has 5 aromatic rings. The number of aromatic nitrogens is 3. The van der Waals surface area contributed by atoms with E-state index in [0.29, 0.717) is 30.0 Å². The van der Waals surface area contributed by atoms with Crippen LogP contribution in [0.5, 0.6) is 5.75 Å². The predicted octanol–water partition coefficient (Wildman–Crippen LogP) is 3.82. The molecule has 0 saturated heterocycles. The van der Waals surface area contributed by atoms with E-state index in [1.165, 1.54) is 17.6 Å². The fraction of sp³-hybridized carbons (Fsp3) is 0.167. The van der Waals surface area contributed by atoms with E-state index in [-0.39, 0.29) is 34.2 Å². The van der Waals surface area contributed by atoms with Crippen LogP contribution in [0.2, 0.25) is 0 Å². The lowest BCUT2D eigenvalue weighted by molar-refractivity contribution is 0.0523. The number of carbonyl (C=O) groups is 2. The van der Waals surface area contributed by atoms with E-state index >= 15 is 0 Å². The minimum absolute atomic E-state index is 0.00318. The third-order valence-corrected chi connectivity index (χ3v) is 6.28. The number of fused-ring (bicyclic) bond motifs is 2. The maximum atomic E-state index is 13.5. The Hall–Kier alpha value is -5.05. The number of carbonyl (C=O) groups excluding carboxylic acids is 2. The standard InChI is InChI=1S/C30H26N4O5/c1-3-39-30(37)24-19-23-26(31-25-14-7-8-16-33(25)29(23)36)34(17-15-20-10-5-4-6-11-20)27(24)32-28(35)21-12-9-13-22(18-21)38-2/h4-14,16,18-19H,3,15,17H2,1-2H3. The van der Waals surface area contributed by atoms with Gasteiger partial charge in [0.2, 0.25) is 0 Å². The lowest BCUT2D eigenvalue weighted by atomic mass is 10.1. The Bertz CT molecular complexity index is 1820. The normalized spacial score (nSPS) is 11.6. The van der Waals surface area contributed by atoms with Gasteiger partial charge in [-0.15, -0.1) is 0 Å². The van der Waals surface area contributed by atoms with Gasteiger partial charge in [-0.2, -0.15) is 4.99 Å². The van der Waals surface area contributed by atoms with Crippen LogP contribution in [0, 0.1) is 0 Å². The van der Waals surface area contributed by atoms with Crippen LogP contribution < -0.4 is 15.8 Å². The number of methoxy groups -OCH3 is 1. The van der Waals surface area contributed by atoms with Crippen molar-refractivity contribution in [2.45, 2.75) is 19.9 Å². The largest absolute Gasteiger partial charge is 0.497 e. The molecule has 0 saturated carbocycles. The smallest absolute Gasteiger partial charge is 0.341 e. The van der Waals surface area contributed by atoms with Gasteiger partial charge in [-0.05, 0) is 55.3 Å². The van der Waals surface area contributed by atoms with E-state index in [2.05, 4.69) is 4.99 Å². The summed E-state index contributed by atoms with van der Waals surface area (Å²) in [6.45, 7) is 2.09. The number of nitrogens with zero attached hydrogens (tertiary/aromatic N) is 4. The van der Waals surface area contributed by atoms with Crippen molar-refractivity contribution in [1.29, 1.82) is 0 Å². The number of hydrogen-bond donors (Lipinski definition) is 0. The molecule has 39 heavy (non-hydrogen) atoms. The van der Waals surface area contributed by atoms with Crippen molar-refractivity contribution in [3.05, 3.63) is 118 Å². The van der Waals surface area contributed by atoms with Crippen molar-refractivity contribution < 1.29 is 19.1 Å². The summed E-state index contributed by atoms with van der Waals surface area (Å²) >= 11 is 0. The number of esters is 1.